The van der Waals surface area contributed by atoms with Crippen LogP contribution in [0.25, 0.3) is 0 Å². The van der Waals surface area contributed by atoms with Gasteiger partial charge < -0.3 is 11.1 Å². The average molecular weight is 397 g/mol. The van der Waals surface area contributed by atoms with E-state index in [2.05, 4.69) is 5.32 Å². The zero-order valence-corrected chi connectivity index (χ0v) is 15.8. The Balaban J connectivity index is 2.14. The number of rotatable bonds is 7. The molecule has 0 radical (unpaired) electrons. The van der Waals surface area contributed by atoms with Gasteiger partial charge in [-0.2, -0.15) is 0 Å². The summed E-state index contributed by atoms with van der Waals surface area (Å²) in [6, 6.07) is 12.0. The average Bonchev–Trinajstić information content (AvgIpc) is 2.66. The van der Waals surface area contributed by atoms with Crippen LogP contribution in [0, 0.1) is 6.92 Å². The molecule has 0 aliphatic carbocycles. The molecule has 1 amide bonds. The van der Waals surface area contributed by atoms with Crippen LogP contribution in [0.15, 0.2) is 53.4 Å². The van der Waals surface area contributed by atoms with Crippen molar-refractivity contribution in [3.63, 3.8) is 0 Å². The van der Waals surface area contributed by atoms with Gasteiger partial charge in [0.1, 0.15) is 0 Å². The predicted octanol–water partition coefficient (Wildman–Crippen LogP) is 2.14. The number of nitrogens with two attached hydrogens (primary N) is 1. The summed E-state index contributed by atoms with van der Waals surface area (Å²) in [5.74, 6) is -3.88. The molecule has 0 saturated carbocycles. The van der Waals surface area contributed by atoms with Crippen LogP contribution in [0.2, 0.25) is 0 Å². The van der Waals surface area contributed by atoms with Crippen molar-refractivity contribution in [2.75, 3.05) is 24.4 Å². The van der Waals surface area contributed by atoms with E-state index >= 15 is 0 Å². The van der Waals surface area contributed by atoms with Crippen molar-refractivity contribution in [2.24, 2.45) is 5.73 Å². The van der Waals surface area contributed by atoms with Crippen LogP contribution in [-0.2, 0) is 10.0 Å². The zero-order chi connectivity index (χ0) is 20.2. The largest absolute Gasteiger partial charge is 0.346 e. The minimum absolute atomic E-state index is 0.132. The van der Waals surface area contributed by atoms with Crippen molar-refractivity contribution < 1.29 is 22.0 Å². The zero-order valence-electron chi connectivity index (χ0n) is 14.9. The Morgan fingerprint density at radius 2 is 1.67 bits per heavy atom. The summed E-state index contributed by atoms with van der Waals surface area (Å²) in [6.45, 7) is 0.118. The Morgan fingerprint density at radius 1 is 1.11 bits per heavy atom. The van der Waals surface area contributed by atoms with E-state index < -0.39 is 34.9 Å². The number of nitrogens with one attached hydrogen (secondary N) is 1. The maximum absolute atomic E-state index is 13.1. The van der Waals surface area contributed by atoms with Crippen LogP contribution in [0.3, 0.4) is 0 Å². The molecular formula is C18H21F2N3O3S. The molecule has 0 unspecified atom stereocenters. The quantitative estimate of drug-likeness (QED) is 0.749. The Bertz CT molecular complexity index is 898. The summed E-state index contributed by atoms with van der Waals surface area (Å²) < 4.78 is 52.6. The monoisotopic (exact) mass is 397 g/mol. The van der Waals surface area contributed by atoms with Gasteiger partial charge in [-0.25, -0.2) is 17.2 Å². The third-order valence-corrected chi connectivity index (χ3v) is 5.78. The molecule has 0 aliphatic rings. The molecule has 0 atom stereocenters. The summed E-state index contributed by atoms with van der Waals surface area (Å²) in [7, 11) is -2.36. The van der Waals surface area contributed by atoms with Crippen LogP contribution in [0.5, 0.6) is 0 Å². The molecule has 0 aliphatic heterocycles. The fourth-order valence-electron chi connectivity index (χ4n) is 2.21. The number of alkyl halides is 2. The maximum Gasteiger partial charge on any atom is 0.277 e. The third-order valence-electron chi connectivity index (χ3n) is 3.98. The van der Waals surface area contributed by atoms with Crippen molar-refractivity contribution in [3.8, 4) is 0 Å². The molecule has 6 nitrogen and oxygen atoms in total. The predicted molar refractivity (Wildman–Crippen MR) is 99.5 cm³/mol. The standard InChI is InChI=1S/C18H21F2N3O3S/c1-13-3-9-16(10-4-13)27(25,26)23(2)15-7-5-14(6-8-15)17(24)22-12-18(19,20)11-21/h3-10H,11-12,21H2,1-2H3,(H,22,24). The van der Waals surface area contributed by atoms with Crippen LogP contribution in [-0.4, -0.2) is 40.4 Å². The minimum atomic E-state index is -3.76. The Hall–Kier alpha value is -2.52. The van der Waals surface area contributed by atoms with E-state index in [1.807, 2.05) is 6.92 Å². The van der Waals surface area contributed by atoms with Crippen LogP contribution >= 0.6 is 0 Å². The number of hydrogen-bond acceptors (Lipinski definition) is 4. The molecule has 146 valence electrons. The molecule has 0 fully saturated rings. The van der Waals surface area contributed by atoms with E-state index in [0.29, 0.717) is 5.69 Å². The molecule has 0 aromatic heterocycles. The van der Waals surface area contributed by atoms with E-state index in [-0.39, 0.29) is 10.5 Å². The molecule has 2 rings (SSSR count). The lowest BCUT2D eigenvalue weighted by Crippen LogP contribution is -2.41. The Kier molecular flexibility index (Phi) is 6.17. The number of nitrogens with zero attached hydrogens (tertiary/aromatic N) is 1. The molecule has 3 N–H and O–H groups in total. The molecule has 0 saturated heterocycles. The molecule has 27 heavy (non-hydrogen) atoms. The van der Waals surface area contributed by atoms with Crippen molar-refractivity contribution in [1.82, 2.24) is 5.32 Å². The highest BCUT2D eigenvalue weighted by Gasteiger charge is 2.27. The number of anilines is 1. The van der Waals surface area contributed by atoms with E-state index in [1.165, 1.54) is 43.4 Å². The lowest BCUT2D eigenvalue weighted by atomic mass is 10.2. The molecule has 0 spiro atoms. The number of sulfonamides is 1. The van der Waals surface area contributed by atoms with Gasteiger partial charge in [0.05, 0.1) is 23.7 Å². The summed E-state index contributed by atoms with van der Waals surface area (Å²) in [5.41, 5.74) is 6.32. The van der Waals surface area contributed by atoms with Gasteiger partial charge in [-0.05, 0) is 43.3 Å². The second-order valence-electron chi connectivity index (χ2n) is 6.08. The highest BCUT2D eigenvalue weighted by molar-refractivity contribution is 7.92. The summed E-state index contributed by atoms with van der Waals surface area (Å²) >= 11 is 0. The van der Waals surface area contributed by atoms with Crippen LogP contribution in [0.1, 0.15) is 15.9 Å². The molecule has 2 aromatic rings. The van der Waals surface area contributed by atoms with Gasteiger partial charge in [0.15, 0.2) is 0 Å². The minimum Gasteiger partial charge on any atom is -0.346 e. The number of carbonyl (C=O) groups excluding carboxylic acids is 1. The highest BCUT2D eigenvalue weighted by atomic mass is 32.2. The van der Waals surface area contributed by atoms with Crippen LogP contribution < -0.4 is 15.4 Å². The van der Waals surface area contributed by atoms with Gasteiger partial charge in [-0.1, -0.05) is 17.7 Å². The number of hydrogen-bond donors (Lipinski definition) is 2. The van der Waals surface area contributed by atoms with Gasteiger partial charge in [0, 0.05) is 12.6 Å². The third kappa shape index (κ3) is 5.01. The first kappa shape index (κ1) is 20.8. The summed E-state index contributed by atoms with van der Waals surface area (Å²) in [6.07, 6.45) is 0. The van der Waals surface area contributed by atoms with Crippen LogP contribution in [0.4, 0.5) is 14.5 Å². The van der Waals surface area contributed by atoms with Crippen molar-refractivity contribution in [2.45, 2.75) is 17.7 Å². The first-order chi connectivity index (χ1) is 12.6. The number of benzene rings is 2. The maximum atomic E-state index is 13.1. The van der Waals surface area contributed by atoms with Gasteiger partial charge in [0.2, 0.25) is 0 Å². The van der Waals surface area contributed by atoms with E-state index in [0.717, 1.165) is 9.87 Å². The SMILES string of the molecule is Cc1ccc(S(=O)(=O)N(C)c2ccc(C(=O)NCC(F)(F)CN)cc2)cc1. The second kappa shape index (κ2) is 8.01. The number of amides is 1. The van der Waals surface area contributed by atoms with E-state index in [1.54, 1.807) is 12.1 Å². The molecule has 9 heteroatoms. The highest BCUT2D eigenvalue weighted by Crippen LogP contribution is 2.22. The lowest BCUT2D eigenvalue weighted by Gasteiger charge is -2.20. The Labute approximate surface area is 157 Å². The first-order valence-electron chi connectivity index (χ1n) is 8.08. The number of aryl methyl sites for hydroxylation is 1. The van der Waals surface area contributed by atoms with Crippen molar-refractivity contribution >= 4 is 21.6 Å². The second-order valence-corrected chi connectivity index (χ2v) is 8.04. The normalized spacial score (nSPS) is 11.9. The van der Waals surface area contributed by atoms with E-state index in [4.69, 9.17) is 5.73 Å². The Morgan fingerprint density at radius 3 is 2.19 bits per heavy atom. The smallest absolute Gasteiger partial charge is 0.277 e. The van der Waals surface area contributed by atoms with Gasteiger partial charge in [0.25, 0.3) is 21.9 Å². The molecule has 0 heterocycles. The fraction of sp³-hybridized carbons (Fsp3) is 0.278. The summed E-state index contributed by atoms with van der Waals surface area (Å²) in [5, 5.41) is 2.10. The van der Waals surface area contributed by atoms with Gasteiger partial charge >= 0.3 is 0 Å². The van der Waals surface area contributed by atoms with Crippen molar-refractivity contribution in [3.05, 3.63) is 59.7 Å². The van der Waals surface area contributed by atoms with E-state index in [9.17, 15) is 22.0 Å². The molecule has 2 aromatic carbocycles. The van der Waals surface area contributed by atoms with Gasteiger partial charge in [-0.3, -0.25) is 9.10 Å². The van der Waals surface area contributed by atoms with Crippen molar-refractivity contribution in [1.29, 1.82) is 0 Å². The number of carbonyl (C=O) groups is 1. The number of halogens is 2. The topological polar surface area (TPSA) is 92.5 Å². The fourth-order valence-corrected chi connectivity index (χ4v) is 3.41. The van der Waals surface area contributed by atoms with Gasteiger partial charge in [-0.15, -0.1) is 0 Å². The molecule has 0 bridgehead atoms. The molecular weight excluding hydrogens is 376 g/mol. The lowest BCUT2D eigenvalue weighted by molar-refractivity contribution is 0.0118. The first-order valence-corrected chi connectivity index (χ1v) is 9.52. The summed E-state index contributed by atoms with van der Waals surface area (Å²) in [4.78, 5) is 12.1.